The molecule has 2 saturated heterocycles. The van der Waals surface area contributed by atoms with Crippen LogP contribution in [0.4, 0.5) is 4.79 Å². The van der Waals surface area contributed by atoms with E-state index in [0.717, 1.165) is 11.1 Å². The normalized spacial score (nSPS) is 22.6. The molecule has 0 aliphatic carbocycles. The fourth-order valence-corrected chi connectivity index (χ4v) is 3.11. The van der Waals surface area contributed by atoms with Crippen molar-refractivity contribution in [1.82, 2.24) is 4.90 Å². The van der Waals surface area contributed by atoms with Crippen LogP contribution in [0.5, 0.6) is 0 Å². The number of carbonyl (C=O) groups excluding carboxylic acids is 3. The van der Waals surface area contributed by atoms with E-state index in [9.17, 15) is 14.4 Å². The van der Waals surface area contributed by atoms with Crippen LogP contribution in [0, 0.1) is 0 Å². The summed E-state index contributed by atoms with van der Waals surface area (Å²) in [5, 5.41) is 0. The molecule has 2 aliphatic heterocycles. The summed E-state index contributed by atoms with van der Waals surface area (Å²) in [4.78, 5) is 37.6. The topological polar surface area (TPSA) is 81.9 Å². The summed E-state index contributed by atoms with van der Waals surface area (Å²) in [7, 11) is 0. The van der Waals surface area contributed by atoms with E-state index < -0.39 is 36.2 Å². The number of ether oxygens (including phenoxy) is 3. The quantitative estimate of drug-likeness (QED) is 0.457. The fourth-order valence-electron chi connectivity index (χ4n) is 3.11. The van der Waals surface area contributed by atoms with Crippen molar-refractivity contribution in [3.05, 3.63) is 71.8 Å². The van der Waals surface area contributed by atoms with Gasteiger partial charge in [-0.1, -0.05) is 60.7 Å². The van der Waals surface area contributed by atoms with Crippen molar-refractivity contribution in [2.45, 2.75) is 31.4 Å². The molecule has 0 spiro atoms. The Bertz CT molecular complexity index is 853. The van der Waals surface area contributed by atoms with Gasteiger partial charge >= 0.3 is 18.0 Å². The van der Waals surface area contributed by atoms with E-state index in [-0.39, 0.29) is 13.2 Å². The number of rotatable bonds is 5. The Morgan fingerprint density at radius 3 is 2.04 bits per heavy atom. The summed E-state index contributed by atoms with van der Waals surface area (Å²) in [5.41, 5.74) is 1.65. The van der Waals surface area contributed by atoms with Crippen molar-refractivity contribution in [2.24, 2.45) is 0 Å². The van der Waals surface area contributed by atoms with Gasteiger partial charge in [-0.05, 0) is 11.1 Å². The molecular formula is C20H17NO6. The van der Waals surface area contributed by atoms with Gasteiger partial charge in [0.1, 0.15) is 19.3 Å². The van der Waals surface area contributed by atoms with E-state index in [1.807, 2.05) is 60.7 Å². The first-order valence-electron chi connectivity index (χ1n) is 8.55. The fraction of sp³-hybridized carbons (Fsp3) is 0.250. The molecule has 138 valence electrons. The molecule has 7 nitrogen and oxygen atoms in total. The van der Waals surface area contributed by atoms with Gasteiger partial charge in [-0.3, -0.25) is 4.90 Å². The SMILES string of the molecule is O=C(OCc1ccccc1)[C@H]1OC(=O)[C@@H]2[C@H]1N2C(=O)OCc1ccccc1. The summed E-state index contributed by atoms with van der Waals surface area (Å²) in [6.07, 6.45) is -1.76. The molecule has 0 saturated carbocycles. The highest BCUT2D eigenvalue weighted by Gasteiger charge is 2.69. The predicted octanol–water partition coefficient (Wildman–Crippen LogP) is 2.04. The minimum atomic E-state index is -1.12. The van der Waals surface area contributed by atoms with Gasteiger partial charge in [0.15, 0.2) is 6.04 Å². The van der Waals surface area contributed by atoms with E-state index in [2.05, 4.69) is 0 Å². The molecule has 1 amide bonds. The lowest BCUT2D eigenvalue weighted by atomic mass is 10.2. The van der Waals surface area contributed by atoms with E-state index in [4.69, 9.17) is 14.2 Å². The number of cyclic esters (lactones) is 1. The van der Waals surface area contributed by atoms with Crippen LogP contribution in [0.3, 0.4) is 0 Å². The smallest absolute Gasteiger partial charge is 0.411 e. The van der Waals surface area contributed by atoms with Gasteiger partial charge in [0.2, 0.25) is 6.10 Å². The van der Waals surface area contributed by atoms with Gasteiger partial charge in [-0.15, -0.1) is 0 Å². The summed E-state index contributed by atoms with van der Waals surface area (Å²) >= 11 is 0. The molecule has 2 fully saturated rings. The van der Waals surface area contributed by atoms with Crippen LogP contribution in [-0.4, -0.2) is 41.1 Å². The summed E-state index contributed by atoms with van der Waals surface area (Å²) < 4.78 is 15.5. The van der Waals surface area contributed by atoms with Crippen LogP contribution in [0.25, 0.3) is 0 Å². The Morgan fingerprint density at radius 1 is 0.889 bits per heavy atom. The summed E-state index contributed by atoms with van der Waals surface area (Å²) in [5.74, 6) is -1.28. The number of esters is 2. The Balaban J connectivity index is 1.33. The maximum absolute atomic E-state index is 12.3. The zero-order chi connectivity index (χ0) is 18.8. The lowest BCUT2D eigenvalue weighted by molar-refractivity contribution is -0.166. The van der Waals surface area contributed by atoms with Gasteiger partial charge in [-0.25, -0.2) is 14.4 Å². The van der Waals surface area contributed by atoms with Gasteiger partial charge in [0.25, 0.3) is 0 Å². The van der Waals surface area contributed by atoms with Crippen molar-refractivity contribution in [2.75, 3.05) is 0 Å². The van der Waals surface area contributed by atoms with Crippen LogP contribution in [0.2, 0.25) is 0 Å². The van der Waals surface area contributed by atoms with Crippen molar-refractivity contribution < 1.29 is 28.6 Å². The lowest BCUT2D eigenvalue weighted by Gasteiger charge is -2.16. The standard InChI is InChI=1S/C20H17NO6/c22-18-16-15(21(16)20(24)26-12-14-9-5-2-6-10-14)17(27-18)19(23)25-11-13-7-3-1-4-8-13/h1-10,15-17H,11-12H2/t15-,16+,17+,21?/m1/s1. The molecule has 0 bridgehead atoms. The molecule has 0 unspecified atom stereocenters. The molecule has 7 heteroatoms. The van der Waals surface area contributed by atoms with Crippen molar-refractivity contribution in [3.63, 3.8) is 0 Å². The Hall–Kier alpha value is -3.35. The van der Waals surface area contributed by atoms with E-state index in [0.29, 0.717) is 0 Å². The molecule has 2 aromatic rings. The van der Waals surface area contributed by atoms with Gasteiger partial charge in [-0.2, -0.15) is 0 Å². The van der Waals surface area contributed by atoms with Crippen molar-refractivity contribution in [3.8, 4) is 0 Å². The molecule has 2 aliphatic rings. The van der Waals surface area contributed by atoms with E-state index in [1.165, 1.54) is 4.90 Å². The highest BCUT2D eigenvalue weighted by Crippen LogP contribution is 2.40. The number of hydrogen-bond donors (Lipinski definition) is 0. The third-order valence-electron chi connectivity index (χ3n) is 4.52. The van der Waals surface area contributed by atoms with Gasteiger partial charge < -0.3 is 14.2 Å². The second kappa shape index (κ2) is 7.11. The first-order valence-corrected chi connectivity index (χ1v) is 8.55. The first kappa shape index (κ1) is 17.1. The first-order chi connectivity index (χ1) is 13.1. The molecule has 3 atom stereocenters. The van der Waals surface area contributed by atoms with Crippen molar-refractivity contribution >= 4 is 18.0 Å². The monoisotopic (exact) mass is 367 g/mol. The largest absolute Gasteiger partial charge is 0.458 e. The molecule has 2 heterocycles. The van der Waals surface area contributed by atoms with Crippen LogP contribution in [0.1, 0.15) is 11.1 Å². The van der Waals surface area contributed by atoms with Crippen molar-refractivity contribution in [1.29, 1.82) is 0 Å². The minimum Gasteiger partial charge on any atom is -0.458 e. The highest BCUT2D eigenvalue weighted by atomic mass is 16.6. The number of carbonyl (C=O) groups is 3. The lowest BCUT2D eigenvalue weighted by Crippen LogP contribution is -2.35. The third-order valence-corrected chi connectivity index (χ3v) is 4.52. The number of nitrogens with zero attached hydrogens (tertiary/aromatic N) is 1. The molecule has 0 N–H and O–H groups in total. The van der Waals surface area contributed by atoms with Crippen LogP contribution in [-0.2, 0) is 37.0 Å². The third kappa shape index (κ3) is 3.48. The number of benzene rings is 2. The average molecular weight is 367 g/mol. The maximum atomic E-state index is 12.3. The second-order valence-electron chi connectivity index (χ2n) is 6.33. The maximum Gasteiger partial charge on any atom is 0.411 e. The average Bonchev–Trinajstić information content (AvgIpc) is 3.36. The van der Waals surface area contributed by atoms with Crippen LogP contribution >= 0.6 is 0 Å². The van der Waals surface area contributed by atoms with Crippen LogP contribution < -0.4 is 0 Å². The van der Waals surface area contributed by atoms with E-state index in [1.54, 1.807) is 0 Å². The zero-order valence-corrected chi connectivity index (χ0v) is 14.3. The molecular weight excluding hydrogens is 350 g/mol. The van der Waals surface area contributed by atoms with E-state index >= 15 is 0 Å². The molecule has 4 rings (SSSR count). The predicted molar refractivity (Wildman–Crippen MR) is 92.2 cm³/mol. The Labute approximate surface area is 155 Å². The molecule has 0 radical (unpaired) electrons. The van der Waals surface area contributed by atoms with Gasteiger partial charge in [0.05, 0.1) is 0 Å². The molecule has 27 heavy (non-hydrogen) atoms. The summed E-state index contributed by atoms with van der Waals surface area (Å²) in [6.45, 7) is 0.164. The number of hydrogen-bond acceptors (Lipinski definition) is 6. The zero-order valence-electron chi connectivity index (χ0n) is 14.3. The van der Waals surface area contributed by atoms with Gasteiger partial charge in [0, 0.05) is 0 Å². The second-order valence-corrected chi connectivity index (χ2v) is 6.33. The number of amides is 1. The number of fused-ring (bicyclic) bond motifs is 1. The Morgan fingerprint density at radius 2 is 1.44 bits per heavy atom. The molecule has 0 aromatic heterocycles. The van der Waals surface area contributed by atoms with Crippen LogP contribution in [0.15, 0.2) is 60.7 Å². The summed E-state index contributed by atoms with van der Waals surface area (Å²) in [6, 6.07) is 16.9. The number of morpholine rings is 1. The minimum absolute atomic E-state index is 0.0730. The molecule has 2 aromatic carbocycles. The highest BCUT2D eigenvalue weighted by molar-refractivity contribution is 5.96. The Kier molecular flexibility index (Phi) is 4.50.